The minimum Gasteiger partial charge on any atom is -0.618 e. The topological polar surface area (TPSA) is 72.3 Å². The van der Waals surface area contributed by atoms with Gasteiger partial charge in [-0.2, -0.15) is 9.46 Å². The number of hydrogen-bond donors (Lipinski definition) is 0. The molecule has 4 rings (SSSR count). The van der Waals surface area contributed by atoms with Gasteiger partial charge in [-0.15, -0.1) is 0 Å². The Balaban J connectivity index is 2.03. The minimum atomic E-state index is -1.40. The molecule has 1 aliphatic rings. The van der Waals surface area contributed by atoms with Gasteiger partial charge in [0.15, 0.2) is 0 Å². The monoisotopic (exact) mass is 366 g/mol. The second-order valence-corrected chi connectivity index (χ2v) is 6.99. The third-order valence-electron chi connectivity index (χ3n) is 5.05. The first-order valence-corrected chi connectivity index (χ1v) is 9.15. The molecule has 0 spiro atoms. The molecule has 3 aromatic rings. The number of ether oxygens (including phenoxy) is 2. The van der Waals surface area contributed by atoms with Crippen LogP contribution in [-0.2, 0) is 21.9 Å². The highest BCUT2D eigenvalue weighted by Gasteiger charge is 2.55. The van der Waals surface area contributed by atoms with Crippen molar-refractivity contribution in [2.24, 2.45) is 0 Å². The molecule has 0 bridgehead atoms. The van der Waals surface area contributed by atoms with Crippen LogP contribution in [-0.4, -0.2) is 6.61 Å². The maximum absolute atomic E-state index is 13.3. The van der Waals surface area contributed by atoms with Crippen LogP contribution in [0.1, 0.15) is 49.2 Å². The molecule has 1 atom stereocenters. The number of aromatic nitrogens is 2. The van der Waals surface area contributed by atoms with Crippen LogP contribution in [0.5, 0.6) is 0 Å². The number of para-hydroxylation sites is 2. The van der Waals surface area contributed by atoms with E-state index in [4.69, 9.17) is 9.47 Å². The van der Waals surface area contributed by atoms with Gasteiger partial charge in [-0.3, -0.25) is 0 Å². The zero-order valence-electron chi connectivity index (χ0n) is 15.6. The number of benzene rings is 2. The summed E-state index contributed by atoms with van der Waals surface area (Å²) in [6.45, 7) is 6.39. The standard InChI is InChI=1S/C21H22N2O4/c1-4-26-21(16-9-7-8-15(12-16)14(2)3)20-19(13-27-21)22(24)17-10-5-6-11-18(17)23(20)25/h5-12,14H,4,13H2,1-3H3. The average molecular weight is 366 g/mol. The summed E-state index contributed by atoms with van der Waals surface area (Å²) in [5.41, 5.74) is 2.93. The fourth-order valence-corrected chi connectivity index (χ4v) is 3.70. The lowest BCUT2D eigenvalue weighted by Crippen LogP contribution is -2.49. The zero-order valence-corrected chi connectivity index (χ0v) is 15.6. The first-order chi connectivity index (χ1) is 13.0. The van der Waals surface area contributed by atoms with Crippen LogP contribution in [0.3, 0.4) is 0 Å². The lowest BCUT2D eigenvalue weighted by molar-refractivity contribution is -0.643. The molecule has 1 aromatic heterocycles. The lowest BCUT2D eigenvalue weighted by atomic mass is 9.95. The van der Waals surface area contributed by atoms with Gasteiger partial charge < -0.3 is 19.9 Å². The van der Waals surface area contributed by atoms with Gasteiger partial charge in [0.1, 0.15) is 6.61 Å². The van der Waals surface area contributed by atoms with Crippen LogP contribution < -0.4 is 9.46 Å². The van der Waals surface area contributed by atoms with E-state index in [0.29, 0.717) is 29.1 Å². The zero-order chi connectivity index (χ0) is 19.2. The van der Waals surface area contributed by atoms with Crippen molar-refractivity contribution in [3.8, 4) is 0 Å². The second kappa shape index (κ2) is 6.48. The number of nitrogens with zero attached hydrogens (tertiary/aromatic N) is 2. The molecular formula is C21H22N2O4. The largest absolute Gasteiger partial charge is 0.618 e. The van der Waals surface area contributed by atoms with Gasteiger partial charge in [-0.25, -0.2) is 0 Å². The van der Waals surface area contributed by atoms with Gasteiger partial charge in [0.25, 0.3) is 22.5 Å². The van der Waals surface area contributed by atoms with Gasteiger partial charge in [-0.05, 0) is 24.5 Å². The van der Waals surface area contributed by atoms with Crippen molar-refractivity contribution in [2.75, 3.05) is 6.61 Å². The molecule has 2 aromatic carbocycles. The van der Waals surface area contributed by atoms with E-state index in [1.165, 1.54) is 0 Å². The number of rotatable bonds is 4. The molecular weight excluding hydrogens is 344 g/mol. The van der Waals surface area contributed by atoms with Crippen molar-refractivity contribution in [1.29, 1.82) is 0 Å². The maximum atomic E-state index is 13.3. The van der Waals surface area contributed by atoms with Gasteiger partial charge in [0, 0.05) is 24.3 Å². The molecule has 6 nitrogen and oxygen atoms in total. The average Bonchev–Trinajstić information content (AvgIpc) is 3.07. The van der Waals surface area contributed by atoms with E-state index in [1.807, 2.05) is 31.2 Å². The molecule has 140 valence electrons. The molecule has 6 heteroatoms. The van der Waals surface area contributed by atoms with Crippen molar-refractivity contribution in [1.82, 2.24) is 0 Å². The summed E-state index contributed by atoms with van der Waals surface area (Å²) >= 11 is 0. The molecule has 1 aliphatic heterocycles. The molecule has 2 heterocycles. The van der Waals surface area contributed by atoms with Crippen LogP contribution in [0.25, 0.3) is 11.0 Å². The van der Waals surface area contributed by atoms with Crippen LogP contribution in [0.15, 0.2) is 48.5 Å². The maximum Gasteiger partial charge on any atom is 0.329 e. The van der Waals surface area contributed by atoms with Crippen molar-refractivity contribution in [3.05, 3.63) is 81.5 Å². The Bertz CT molecular complexity index is 1020. The Hall–Kier alpha value is -2.70. The first kappa shape index (κ1) is 17.7. The molecule has 27 heavy (non-hydrogen) atoms. The van der Waals surface area contributed by atoms with Crippen LogP contribution in [0, 0.1) is 10.4 Å². The lowest BCUT2D eigenvalue weighted by Gasteiger charge is -2.27. The molecule has 0 N–H and O–H groups in total. The van der Waals surface area contributed by atoms with Crippen molar-refractivity contribution in [2.45, 2.75) is 39.1 Å². The highest BCUT2D eigenvalue weighted by atomic mass is 16.7. The summed E-state index contributed by atoms with van der Waals surface area (Å²) in [7, 11) is 0. The van der Waals surface area contributed by atoms with Gasteiger partial charge in [0.2, 0.25) is 0 Å². The van der Waals surface area contributed by atoms with Crippen LogP contribution in [0.4, 0.5) is 0 Å². The molecule has 0 saturated heterocycles. The van der Waals surface area contributed by atoms with E-state index < -0.39 is 5.79 Å². The van der Waals surface area contributed by atoms with E-state index in [1.54, 1.807) is 24.3 Å². The summed E-state index contributed by atoms with van der Waals surface area (Å²) < 4.78 is 13.6. The fourth-order valence-electron chi connectivity index (χ4n) is 3.70. The van der Waals surface area contributed by atoms with Gasteiger partial charge >= 0.3 is 5.69 Å². The summed E-state index contributed by atoms with van der Waals surface area (Å²) in [6.07, 6.45) is 0. The van der Waals surface area contributed by atoms with Crippen molar-refractivity contribution in [3.63, 3.8) is 0 Å². The fraction of sp³-hybridized carbons (Fsp3) is 0.333. The Morgan fingerprint density at radius 2 is 1.78 bits per heavy atom. The summed E-state index contributed by atoms with van der Waals surface area (Å²) in [5.74, 6) is -1.09. The Morgan fingerprint density at radius 3 is 2.44 bits per heavy atom. The van der Waals surface area contributed by atoms with Crippen LogP contribution in [0.2, 0.25) is 0 Å². The minimum absolute atomic E-state index is 0.0117. The van der Waals surface area contributed by atoms with Crippen LogP contribution >= 0.6 is 0 Å². The molecule has 0 radical (unpaired) electrons. The van der Waals surface area contributed by atoms with Gasteiger partial charge in [0.05, 0.1) is 0 Å². The van der Waals surface area contributed by atoms with E-state index >= 15 is 0 Å². The Labute approximate surface area is 157 Å². The second-order valence-electron chi connectivity index (χ2n) is 6.99. The normalized spacial score (nSPS) is 19.0. The smallest absolute Gasteiger partial charge is 0.329 e. The molecule has 0 saturated carbocycles. The van der Waals surface area contributed by atoms with E-state index in [9.17, 15) is 10.4 Å². The van der Waals surface area contributed by atoms with Crippen molar-refractivity contribution >= 4 is 11.0 Å². The molecule has 1 unspecified atom stereocenters. The third-order valence-corrected chi connectivity index (χ3v) is 5.05. The predicted molar refractivity (Wildman–Crippen MR) is 99.6 cm³/mol. The molecule has 0 amide bonds. The quantitative estimate of drug-likeness (QED) is 0.526. The predicted octanol–water partition coefficient (Wildman–Crippen LogP) is 3.00. The van der Waals surface area contributed by atoms with Crippen molar-refractivity contribution < 1.29 is 18.9 Å². The van der Waals surface area contributed by atoms with E-state index in [2.05, 4.69) is 13.8 Å². The number of hydrogen-bond acceptors (Lipinski definition) is 4. The number of fused-ring (bicyclic) bond motifs is 2. The first-order valence-electron chi connectivity index (χ1n) is 9.15. The highest BCUT2D eigenvalue weighted by molar-refractivity contribution is 5.67. The Morgan fingerprint density at radius 1 is 1.07 bits per heavy atom. The Kier molecular flexibility index (Phi) is 4.25. The van der Waals surface area contributed by atoms with E-state index in [-0.39, 0.29) is 18.0 Å². The summed E-state index contributed by atoms with van der Waals surface area (Å²) in [5, 5.41) is 26.2. The third kappa shape index (κ3) is 2.56. The summed E-state index contributed by atoms with van der Waals surface area (Å²) in [4.78, 5) is 0. The van der Waals surface area contributed by atoms with Gasteiger partial charge in [-0.1, -0.05) is 44.2 Å². The summed E-state index contributed by atoms with van der Waals surface area (Å²) in [6, 6.07) is 14.6. The van der Waals surface area contributed by atoms with E-state index in [0.717, 1.165) is 15.0 Å². The molecule has 0 fully saturated rings. The molecule has 0 aliphatic carbocycles. The SMILES string of the molecule is CCOC1(c2cccc(C(C)C)c2)OCc2c1[n+]([O-])c1ccccc1[n+]2[O-]. The highest BCUT2D eigenvalue weighted by Crippen LogP contribution is 2.41.